The van der Waals surface area contributed by atoms with Crippen LogP contribution in [0, 0.1) is 5.92 Å². The molecule has 0 amide bonds. The highest BCUT2D eigenvalue weighted by Gasteiger charge is 2.36. The Labute approximate surface area is 111 Å². The number of rotatable bonds is 6. The van der Waals surface area contributed by atoms with Gasteiger partial charge in [-0.2, -0.15) is 0 Å². The molecular weight excluding hydrogens is 226 g/mol. The van der Waals surface area contributed by atoms with Gasteiger partial charge in [-0.15, -0.1) is 0 Å². The van der Waals surface area contributed by atoms with E-state index in [1.54, 1.807) is 0 Å². The first-order valence-electron chi connectivity index (χ1n) is 7.52. The quantitative estimate of drug-likeness (QED) is 0.682. The maximum atomic E-state index is 11.6. The molecule has 0 aromatic carbocycles. The van der Waals surface area contributed by atoms with E-state index < -0.39 is 0 Å². The number of carbonyl (C=O) groups is 1. The maximum absolute atomic E-state index is 11.6. The van der Waals surface area contributed by atoms with E-state index in [-0.39, 0.29) is 0 Å². The SMILES string of the molecule is CC(C)CCOCCN1C2CCCC1CC(=O)C2. The normalized spacial score (nSPS) is 28.9. The summed E-state index contributed by atoms with van der Waals surface area (Å²) in [4.78, 5) is 14.2. The largest absolute Gasteiger partial charge is 0.380 e. The number of fused-ring (bicyclic) bond motifs is 2. The van der Waals surface area contributed by atoms with E-state index in [4.69, 9.17) is 4.74 Å². The summed E-state index contributed by atoms with van der Waals surface area (Å²) >= 11 is 0. The van der Waals surface area contributed by atoms with Crippen molar-refractivity contribution < 1.29 is 9.53 Å². The molecule has 3 heteroatoms. The van der Waals surface area contributed by atoms with E-state index in [1.165, 1.54) is 19.3 Å². The molecule has 2 heterocycles. The fourth-order valence-corrected chi connectivity index (χ4v) is 3.22. The van der Waals surface area contributed by atoms with Crippen LogP contribution >= 0.6 is 0 Å². The molecule has 2 fully saturated rings. The molecule has 0 aromatic heterocycles. The minimum absolute atomic E-state index is 0.474. The summed E-state index contributed by atoms with van der Waals surface area (Å²) < 4.78 is 5.71. The topological polar surface area (TPSA) is 29.5 Å². The molecule has 3 nitrogen and oxygen atoms in total. The highest BCUT2D eigenvalue weighted by molar-refractivity contribution is 5.80. The van der Waals surface area contributed by atoms with Crippen molar-refractivity contribution in [2.75, 3.05) is 19.8 Å². The van der Waals surface area contributed by atoms with Gasteiger partial charge in [0.25, 0.3) is 0 Å². The first-order valence-corrected chi connectivity index (χ1v) is 7.52. The molecule has 2 atom stereocenters. The number of carbonyl (C=O) groups excluding carboxylic acids is 1. The van der Waals surface area contributed by atoms with Crippen LogP contribution in [0.1, 0.15) is 52.4 Å². The van der Waals surface area contributed by atoms with Crippen LogP contribution in [0.4, 0.5) is 0 Å². The Morgan fingerprint density at radius 3 is 2.50 bits per heavy atom. The summed E-state index contributed by atoms with van der Waals surface area (Å²) in [6.07, 6.45) is 6.41. The minimum atomic E-state index is 0.474. The van der Waals surface area contributed by atoms with Gasteiger partial charge in [0.2, 0.25) is 0 Å². The van der Waals surface area contributed by atoms with Crippen LogP contribution < -0.4 is 0 Å². The summed E-state index contributed by atoms with van der Waals surface area (Å²) in [5.41, 5.74) is 0. The summed E-state index contributed by atoms with van der Waals surface area (Å²) in [5.74, 6) is 1.19. The van der Waals surface area contributed by atoms with E-state index in [0.717, 1.165) is 44.9 Å². The maximum Gasteiger partial charge on any atom is 0.136 e. The van der Waals surface area contributed by atoms with Gasteiger partial charge in [-0.3, -0.25) is 9.69 Å². The number of piperidine rings is 2. The van der Waals surface area contributed by atoms with Gasteiger partial charge in [-0.1, -0.05) is 20.3 Å². The third-order valence-electron chi connectivity index (χ3n) is 4.27. The number of ketones is 1. The van der Waals surface area contributed by atoms with Crippen molar-refractivity contribution in [3.05, 3.63) is 0 Å². The summed E-state index contributed by atoms with van der Waals surface area (Å²) in [5, 5.41) is 0. The van der Waals surface area contributed by atoms with Crippen molar-refractivity contribution in [3.8, 4) is 0 Å². The molecule has 2 saturated heterocycles. The molecule has 0 spiro atoms. The Balaban J connectivity index is 1.70. The highest BCUT2D eigenvalue weighted by atomic mass is 16.5. The second-order valence-corrected chi connectivity index (χ2v) is 6.22. The van der Waals surface area contributed by atoms with Crippen molar-refractivity contribution in [1.29, 1.82) is 0 Å². The van der Waals surface area contributed by atoms with Crippen molar-refractivity contribution >= 4 is 5.78 Å². The van der Waals surface area contributed by atoms with Gasteiger partial charge in [0.05, 0.1) is 6.61 Å². The Morgan fingerprint density at radius 1 is 1.22 bits per heavy atom. The number of Topliss-reactive ketones (excluding diaryl/α,β-unsaturated/α-hetero) is 1. The molecule has 0 aromatic rings. The van der Waals surface area contributed by atoms with E-state index in [1.807, 2.05) is 0 Å². The average Bonchev–Trinajstić information content (AvgIpc) is 2.28. The van der Waals surface area contributed by atoms with Gasteiger partial charge in [0.15, 0.2) is 0 Å². The van der Waals surface area contributed by atoms with E-state index in [9.17, 15) is 4.79 Å². The Morgan fingerprint density at radius 2 is 1.89 bits per heavy atom. The fourth-order valence-electron chi connectivity index (χ4n) is 3.22. The summed E-state index contributed by atoms with van der Waals surface area (Å²) in [7, 11) is 0. The van der Waals surface area contributed by atoms with E-state index in [0.29, 0.717) is 17.9 Å². The fraction of sp³-hybridized carbons (Fsp3) is 0.933. The molecule has 2 bridgehead atoms. The number of ether oxygens (including phenoxy) is 1. The first-order chi connectivity index (χ1) is 8.66. The number of hydrogen-bond acceptors (Lipinski definition) is 3. The summed E-state index contributed by atoms with van der Waals surface area (Å²) in [6.45, 7) is 7.17. The monoisotopic (exact) mass is 253 g/mol. The third kappa shape index (κ3) is 3.79. The van der Waals surface area contributed by atoms with Crippen molar-refractivity contribution in [3.63, 3.8) is 0 Å². The molecule has 2 aliphatic heterocycles. The van der Waals surface area contributed by atoms with Gasteiger partial charge < -0.3 is 4.74 Å². The molecule has 2 unspecified atom stereocenters. The number of nitrogens with zero attached hydrogens (tertiary/aromatic N) is 1. The van der Waals surface area contributed by atoms with Crippen LogP contribution in [0.3, 0.4) is 0 Å². The van der Waals surface area contributed by atoms with Crippen LogP contribution in [0.15, 0.2) is 0 Å². The van der Waals surface area contributed by atoms with Crippen molar-refractivity contribution in [2.45, 2.75) is 64.5 Å². The molecule has 0 radical (unpaired) electrons. The molecule has 2 aliphatic rings. The summed E-state index contributed by atoms with van der Waals surface area (Å²) in [6, 6.07) is 1.03. The standard InChI is InChI=1S/C15H27NO2/c1-12(2)6-8-18-9-7-16-13-4-3-5-14(16)11-15(17)10-13/h12-14H,3-11H2,1-2H3. The van der Waals surface area contributed by atoms with Crippen molar-refractivity contribution in [1.82, 2.24) is 4.90 Å². The highest BCUT2D eigenvalue weighted by Crippen LogP contribution is 2.31. The zero-order valence-corrected chi connectivity index (χ0v) is 11.9. The van der Waals surface area contributed by atoms with Gasteiger partial charge in [0.1, 0.15) is 5.78 Å². The van der Waals surface area contributed by atoms with Gasteiger partial charge >= 0.3 is 0 Å². The Hall–Kier alpha value is -0.410. The predicted octanol–water partition coefficient (Wildman–Crippen LogP) is 2.64. The lowest BCUT2D eigenvalue weighted by Crippen LogP contribution is -2.53. The Bertz CT molecular complexity index is 262. The van der Waals surface area contributed by atoms with Crippen LogP contribution in [-0.2, 0) is 9.53 Å². The molecular formula is C15H27NO2. The molecule has 0 saturated carbocycles. The first kappa shape index (κ1) is 14.0. The second-order valence-electron chi connectivity index (χ2n) is 6.22. The van der Waals surface area contributed by atoms with Crippen LogP contribution in [0.2, 0.25) is 0 Å². The molecule has 2 rings (SSSR count). The van der Waals surface area contributed by atoms with Gasteiger partial charge in [0, 0.05) is 38.1 Å². The van der Waals surface area contributed by atoms with Gasteiger partial charge in [-0.25, -0.2) is 0 Å². The molecule has 104 valence electrons. The molecule has 0 aliphatic carbocycles. The lowest BCUT2D eigenvalue weighted by atomic mass is 9.84. The van der Waals surface area contributed by atoms with Crippen LogP contribution in [0.5, 0.6) is 0 Å². The lowest BCUT2D eigenvalue weighted by Gasteiger charge is -2.45. The zero-order valence-electron chi connectivity index (χ0n) is 11.9. The smallest absolute Gasteiger partial charge is 0.136 e. The van der Waals surface area contributed by atoms with Crippen molar-refractivity contribution in [2.24, 2.45) is 5.92 Å². The van der Waals surface area contributed by atoms with Crippen LogP contribution in [-0.4, -0.2) is 42.5 Å². The lowest BCUT2D eigenvalue weighted by molar-refractivity contribution is -0.127. The minimum Gasteiger partial charge on any atom is -0.380 e. The third-order valence-corrected chi connectivity index (χ3v) is 4.27. The Kier molecular flexibility index (Phi) is 5.19. The van der Waals surface area contributed by atoms with Crippen LogP contribution in [0.25, 0.3) is 0 Å². The molecule has 0 N–H and O–H groups in total. The zero-order chi connectivity index (χ0) is 13.0. The van der Waals surface area contributed by atoms with E-state index in [2.05, 4.69) is 18.7 Å². The van der Waals surface area contributed by atoms with E-state index >= 15 is 0 Å². The number of hydrogen-bond donors (Lipinski definition) is 0. The second kappa shape index (κ2) is 6.67. The average molecular weight is 253 g/mol. The van der Waals surface area contributed by atoms with Gasteiger partial charge in [-0.05, 0) is 25.2 Å². The molecule has 18 heavy (non-hydrogen) atoms. The predicted molar refractivity (Wildman–Crippen MR) is 72.6 cm³/mol.